The lowest BCUT2D eigenvalue weighted by molar-refractivity contribution is 0.669. The van der Waals surface area contributed by atoms with Crippen LogP contribution in [0.4, 0.5) is 0 Å². The van der Waals surface area contributed by atoms with Crippen molar-refractivity contribution < 1.29 is 37.3 Å². The molecule has 0 fully saturated rings. The van der Waals surface area contributed by atoms with Gasteiger partial charge in [-0.05, 0) is 79.1 Å². The number of para-hydroxylation sites is 1. The summed E-state index contributed by atoms with van der Waals surface area (Å²) in [6, 6.07) is -21.4. The van der Waals surface area contributed by atoms with Crippen molar-refractivity contribution >= 4 is 43.5 Å². The van der Waals surface area contributed by atoms with Crippen LogP contribution in [-0.2, 0) is 0 Å². The molecule has 1 heterocycles. The van der Waals surface area contributed by atoms with Crippen molar-refractivity contribution in [3.63, 3.8) is 0 Å². The van der Waals surface area contributed by atoms with E-state index < -0.39 is 216 Å². The molecule has 8 aromatic rings. The van der Waals surface area contributed by atoms with Gasteiger partial charge >= 0.3 is 0 Å². The zero-order valence-electron chi connectivity index (χ0n) is 43.4. The second kappa shape index (κ2) is 8.72. The van der Waals surface area contributed by atoms with Gasteiger partial charge < -0.3 is 4.42 Å². The fourth-order valence-electron chi connectivity index (χ4n) is 4.52. The van der Waals surface area contributed by atoms with E-state index in [9.17, 15) is 9.60 Å². The summed E-state index contributed by atoms with van der Waals surface area (Å²) in [5.74, 6) is 0. The highest BCUT2D eigenvalue weighted by atomic mass is 16.3. The zero-order chi connectivity index (χ0) is 46.6. The Bertz CT molecular complexity index is 3390. The molecule has 0 radical (unpaired) electrons. The van der Waals surface area contributed by atoms with Gasteiger partial charge in [-0.25, -0.2) is 0 Å². The predicted molar refractivity (Wildman–Crippen MR) is 165 cm³/mol. The largest absolute Gasteiger partial charge is 0.456 e. The molecule has 0 aliphatic carbocycles. The number of rotatable bonds is 3. The molecule has 182 valence electrons. The number of benzene rings is 7. The third kappa shape index (κ3) is 3.48. The van der Waals surface area contributed by atoms with Gasteiger partial charge in [0.1, 0.15) is 11.2 Å². The topological polar surface area (TPSA) is 13.1 Å². The van der Waals surface area contributed by atoms with Gasteiger partial charge in [-0.1, -0.05) is 121 Å². The number of fused-ring (bicyclic) bond motifs is 5. The van der Waals surface area contributed by atoms with Crippen molar-refractivity contribution in [2.24, 2.45) is 0 Å². The Morgan fingerprint density at radius 1 is 0.333 bits per heavy atom. The lowest BCUT2D eigenvalue weighted by Crippen LogP contribution is -1.91. The molecule has 1 heteroatoms. The molecule has 8 rings (SSSR count). The Balaban J connectivity index is 1.71. The van der Waals surface area contributed by atoms with Crippen LogP contribution in [0, 0.1) is 0 Å². The number of hydrogen-bond acceptors (Lipinski definition) is 1. The fraction of sp³-hybridized carbons (Fsp3) is 0. The molecular weight excluding hydrogens is 472 g/mol. The van der Waals surface area contributed by atoms with Crippen molar-refractivity contribution in [3.05, 3.63) is 145 Å². The van der Waals surface area contributed by atoms with Gasteiger partial charge in [0.05, 0.1) is 32.9 Å². The molecule has 39 heavy (non-hydrogen) atoms. The highest BCUT2D eigenvalue weighted by Crippen LogP contribution is 2.45. The molecule has 0 N–H and O–H groups in total. The highest BCUT2D eigenvalue weighted by Gasteiger charge is 2.18. The quantitative estimate of drug-likeness (QED) is 0.211. The Labute approximate surface area is 260 Å². The Morgan fingerprint density at radius 3 is 1.49 bits per heavy atom. The van der Waals surface area contributed by atoms with Gasteiger partial charge in [-0.15, -0.1) is 0 Å². The minimum Gasteiger partial charge on any atom is -0.456 e. The van der Waals surface area contributed by atoms with Gasteiger partial charge in [-0.3, -0.25) is 0 Å². The second-order valence-electron chi connectivity index (χ2n) is 8.26. The smallest absolute Gasteiger partial charge is 0.136 e. The van der Waals surface area contributed by atoms with E-state index in [2.05, 4.69) is 0 Å². The molecule has 1 aromatic heterocycles. The van der Waals surface area contributed by atoms with E-state index in [0.717, 1.165) is 0 Å². The van der Waals surface area contributed by atoms with E-state index in [4.69, 9.17) is 27.7 Å². The van der Waals surface area contributed by atoms with Crippen molar-refractivity contribution in [1.29, 1.82) is 0 Å². The minimum atomic E-state index is -1.01. The SMILES string of the molecule is [2H]c1c([2H])c([2H])c(-c2c([2H])c([2H])c([2H])c(-c3c4c([2H])c([2H])c([2H])c([2H])c4c(-c4c([2H])c([2H])c5c(oc6c([2H])c([2H])c([2H])c([2H])c65)c4[2H])c4c([2H])c([2H])c([2H])c([2H])c34)c2[2H])c([2H])c1[2H]. The summed E-state index contributed by atoms with van der Waals surface area (Å²) in [5.41, 5.74) is -5.51. The normalized spacial score (nSPS) is 20.2. The van der Waals surface area contributed by atoms with Gasteiger partial charge in [-0.2, -0.15) is 0 Å². The molecule has 0 atom stereocenters. The van der Waals surface area contributed by atoms with Crippen LogP contribution in [0.2, 0.25) is 0 Å². The standard InChI is InChI=1S/C38H24O/c1-2-11-25(12-3-1)26-13-10-14-27(23-26)37-31-16-4-6-18-33(31)38(34-19-7-5-17-32(34)37)28-21-22-30-29-15-8-9-20-35(29)39-36(30)24-28/h1-24H/i1D,2D,3D,4D,5D,6D,7D,8D,9D,10D,11D,12D,13D,14D,15D,16D,17D,18D,19D,20D,21D,22D,23D,24D. The van der Waals surface area contributed by atoms with Crippen LogP contribution >= 0.6 is 0 Å². The summed E-state index contributed by atoms with van der Waals surface area (Å²) < 4.78 is 217. The molecule has 7 aromatic carbocycles. The van der Waals surface area contributed by atoms with Crippen molar-refractivity contribution in [1.82, 2.24) is 0 Å². The van der Waals surface area contributed by atoms with E-state index in [1.54, 1.807) is 0 Å². The Kier molecular flexibility index (Phi) is 1.94. The summed E-state index contributed by atoms with van der Waals surface area (Å²) in [4.78, 5) is 0. The van der Waals surface area contributed by atoms with Crippen LogP contribution in [0.5, 0.6) is 0 Å². The maximum atomic E-state index is 9.50. The van der Waals surface area contributed by atoms with Gasteiger partial charge in [0, 0.05) is 10.8 Å². The summed E-state index contributed by atoms with van der Waals surface area (Å²) in [6.07, 6.45) is 0. The molecule has 1 nitrogen and oxygen atoms in total. The number of hydrogen-bond donors (Lipinski definition) is 0. The first-order chi connectivity index (χ1) is 29.3. The Hall–Kier alpha value is -5.14. The Morgan fingerprint density at radius 2 is 0.821 bits per heavy atom. The second-order valence-corrected chi connectivity index (χ2v) is 8.26. The summed E-state index contributed by atoms with van der Waals surface area (Å²) in [5, 5.41) is -3.52. The van der Waals surface area contributed by atoms with E-state index >= 15 is 0 Å². The lowest BCUT2D eigenvalue weighted by Gasteiger charge is -2.18. The average molecular weight is 521 g/mol. The number of furan rings is 1. The molecule has 0 aliphatic rings. The summed E-state index contributed by atoms with van der Waals surface area (Å²) >= 11 is 0. The van der Waals surface area contributed by atoms with E-state index in [1.165, 1.54) is 0 Å². The fourth-order valence-corrected chi connectivity index (χ4v) is 4.52. The molecule has 0 spiro atoms. The first kappa shape index (κ1) is 8.69. The average Bonchev–Trinajstić information content (AvgIpc) is 3.67. The van der Waals surface area contributed by atoms with Gasteiger partial charge in [0.25, 0.3) is 0 Å². The van der Waals surface area contributed by atoms with Crippen molar-refractivity contribution in [3.8, 4) is 33.4 Å². The zero-order valence-corrected chi connectivity index (χ0v) is 19.4. The molecule has 0 bridgehead atoms. The monoisotopic (exact) mass is 520 g/mol. The molecular formula is C38H24O. The maximum Gasteiger partial charge on any atom is 0.136 e. The summed E-state index contributed by atoms with van der Waals surface area (Å²) in [6.45, 7) is 0. The first-order valence-corrected chi connectivity index (χ1v) is 11.4. The van der Waals surface area contributed by atoms with Gasteiger partial charge in [0.15, 0.2) is 0 Å². The third-order valence-electron chi connectivity index (χ3n) is 6.14. The van der Waals surface area contributed by atoms with Crippen molar-refractivity contribution in [2.75, 3.05) is 0 Å². The van der Waals surface area contributed by atoms with Crippen LogP contribution in [0.3, 0.4) is 0 Å². The van der Waals surface area contributed by atoms with Crippen molar-refractivity contribution in [2.45, 2.75) is 0 Å². The molecule has 0 aliphatic heterocycles. The van der Waals surface area contributed by atoms with Crippen LogP contribution in [-0.4, -0.2) is 0 Å². The highest BCUT2D eigenvalue weighted by molar-refractivity contribution is 6.22. The molecule has 0 saturated carbocycles. The van der Waals surface area contributed by atoms with E-state index in [-0.39, 0.29) is 5.39 Å². The summed E-state index contributed by atoms with van der Waals surface area (Å²) in [7, 11) is 0. The third-order valence-corrected chi connectivity index (χ3v) is 6.14. The predicted octanol–water partition coefficient (Wildman–Crippen LogP) is 10.9. The maximum absolute atomic E-state index is 9.50. The van der Waals surface area contributed by atoms with Crippen LogP contribution in [0.25, 0.3) is 76.9 Å². The van der Waals surface area contributed by atoms with Crippen LogP contribution in [0.1, 0.15) is 32.9 Å². The molecule has 0 amide bonds. The van der Waals surface area contributed by atoms with Gasteiger partial charge in [0.2, 0.25) is 0 Å². The van der Waals surface area contributed by atoms with Crippen LogP contribution < -0.4 is 0 Å². The molecule has 0 unspecified atom stereocenters. The molecule has 0 saturated heterocycles. The van der Waals surface area contributed by atoms with E-state index in [1.807, 2.05) is 0 Å². The van der Waals surface area contributed by atoms with Crippen LogP contribution in [0.15, 0.2) is 149 Å². The lowest BCUT2D eigenvalue weighted by atomic mass is 9.85. The minimum absolute atomic E-state index is 0.353. The first-order valence-electron chi connectivity index (χ1n) is 23.4. The van der Waals surface area contributed by atoms with E-state index in [0.29, 0.717) is 0 Å².